The maximum absolute atomic E-state index is 14.2. The molecule has 10 rings (SSSR count). The molecule has 17 heteroatoms. The largest absolute Gasteiger partial charge is 0.508 e. The molecule has 4 aliphatic heterocycles. The number of cyclic esters (lactones) is 1. The first-order valence-electron chi connectivity index (χ1n) is 23.9. The predicted octanol–water partition coefficient (Wildman–Crippen LogP) is 6.12. The number of aryl methyl sites for hydroxylation is 1. The van der Waals surface area contributed by atoms with Crippen LogP contribution in [0, 0.1) is 11.8 Å². The van der Waals surface area contributed by atoms with Crippen LogP contribution in [0.3, 0.4) is 0 Å². The number of pyridine rings is 2. The zero-order chi connectivity index (χ0) is 48.5. The second kappa shape index (κ2) is 17.7. The van der Waals surface area contributed by atoms with Crippen LogP contribution >= 0.6 is 0 Å². The number of carbonyl (C=O) groups excluding carboxylic acids is 3. The molecule has 69 heavy (non-hydrogen) atoms. The number of piperidine rings is 2. The number of esters is 2. The molecule has 3 aromatic carbocycles. The first kappa shape index (κ1) is 45.5. The molecule has 0 radical (unpaired) electrons. The van der Waals surface area contributed by atoms with Crippen LogP contribution in [-0.2, 0) is 55.6 Å². The number of benzene rings is 3. The molecular formula is C52H55N7O10. The first-order chi connectivity index (χ1) is 33.2. The molecule has 2 saturated heterocycles. The van der Waals surface area contributed by atoms with Gasteiger partial charge in [0.25, 0.3) is 5.56 Å². The summed E-state index contributed by atoms with van der Waals surface area (Å²) in [6.45, 7) is 10.5. The molecule has 358 valence electrons. The van der Waals surface area contributed by atoms with Crippen LogP contribution in [0.25, 0.3) is 39.4 Å². The Kier molecular flexibility index (Phi) is 11.7. The number of phenolic OH excluding ortho intramolecular Hbond substituents is 3. The minimum absolute atomic E-state index is 0.0265. The summed E-state index contributed by atoms with van der Waals surface area (Å²) in [5.74, 6) is -1.84. The molecule has 0 spiro atoms. The third-order valence-electron chi connectivity index (χ3n) is 14.7. The van der Waals surface area contributed by atoms with E-state index in [-0.39, 0.29) is 71.5 Å². The maximum Gasteiger partial charge on any atom is 0.355 e. The highest BCUT2D eigenvalue weighted by Crippen LogP contribution is 2.44. The lowest BCUT2D eigenvalue weighted by Gasteiger charge is -2.39. The molecule has 0 bridgehead atoms. The Bertz CT molecular complexity index is 3180. The number of aromatic hydroxyl groups is 3. The van der Waals surface area contributed by atoms with Crippen LogP contribution in [0.2, 0.25) is 0 Å². The number of nitrogens with zero attached hydrogens (tertiary/aromatic N) is 6. The van der Waals surface area contributed by atoms with E-state index in [2.05, 4.69) is 15.1 Å². The average molecular weight is 938 g/mol. The summed E-state index contributed by atoms with van der Waals surface area (Å²) in [4.78, 5) is 77.8. The lowest BCUT2D eigenvalue weighted by atomic mass is 9.85. The predicted molar refractivity (Wildman–Crippen MR) is 254 cm³/mol. The van der Waals surface area contributed by atoms with Gasteiger partial charge in [0.15, 0.2) is 5.82 Å². The van der Waals surface area contributed by atoms with E-state index in [0.717, 1.165) is 35.2 Å². The summed E-state index contributed by atoms with van der Waals surface area (Å²) in [5, 5.41) is 38.8. The van der Waals surface area contributed by atoms with E-state index in [1.807, 2.05) is 49.9 Å². The Morgan fingerprint density at radius 3 is 2.30 bits per heavy atom. The molecule has 2 fully saturated rings. The van der Waals surface area contributed by atoms with Crippen LogP contribution in [0.4, 0.5) is 0 Å². The molecule has 4 N–H and O–H groups in total. The van der Waals surface area contributed by atoms with Crippen molar-refractivity contribution in [1.29, 1.82) is 0 Å². The number of phenols is 3. The topological polar surface area (TPSA) is 222 Å². The lowest BCUT2D eigenvalue weighted by molar-refractivity contribution is -0.193. The second-order valence-corrected chi connectivity index (χ2v) is 19.1. The van der Waals surface area contributed by atoms with Crippen molar-refractivity contribution in [3.05, 3.63) is 115 Å². The number of amides is 1. The number of carbonyl (C=O) groups is 3. The van der Waals surface area contributed by atoms with Gasteiger partial charge < -0.3 is 34.3 Å². The summed E-state index contributed by atoms with van der Waals surface area (Å²) >= 11 is 0. The number of nitrogens with one attached hydrogen (secondary N) is 1. The maximum atomic E-state index is 14.2. The van der Waals surface area contributed by atoms with E-state index in [1.54, 1.807) is 41.8 Å². The molecular weight excluding hydrogens is 883 g/mol. The highest BCUT2D eigenvalue weighted by Gasteiger charge is 2.51. The Balaban J connectivity index is 0.765. The van der Waals surface area contributed by atoms with Crippen molar-refractivity contribution in [1.82, 2.24) is 34.1 Å². The third-order valence-corrected chi connectivity index (χ3v) is 14.7. The highest BCUT2D eigenvalue weighted by molar-refractivity contribution is 5.91. The van der Waals surface area contributed by atoms with Crippen LogP contribution in [0.1, 0.15) is 99.1 Å². The SMILES string of the molecule is CCc1c2c(nc3ccc(O)cc13)-c1cc3c(c(=O)n1C2)COC(=O)C3(CC)OC(=O)C1CCN(C(=O)C2CCN(Cc3ccc(-n4c(-c5cc(C(C)C)c(O)cc5O)n[nH]c4=O)cc3)CC2)CC1. The summed E-state index contributed by atoms with van der Waals surface area (Å²) in [7, 11) is 0. The Hall–Kier alpha value is -7.27. The third kappa shape index (κ3) is 7.81. The van der Waals surface area contributed by atoms with Crippen molar-refractivity contribution in [2.45, 2.75) is 97.4 Å². The van der Waals surface area contributed by atoms with Gasteiger partial charge in [0, 0.05) is 48.1 Å². The number of likely N-dealkylation sites (tertiary alicyclic amines) is 2. The number of ether oxygens (including phenoxy) is 2. The smallest absolute Gasteiger partial charge is 0.355 e. The van der Waals surface area contributed by atoms with Gasteiger partial charge in [-0.15, -0.1) is 0 Å². The van der Waals surface area contributed by atoms with Crippen molar-refractivity contribution in [3.63, 3.8) is 0 Å². The minimum atomic E-state index is -1.83. The van der Waals surface area contributed by atoms with Gasteiger partial charge in [0.05, 0.1) is 46.2 Å². The van der Waals surface area contributed by atoms with Gasteiger partial charge in [-0.2, -0.15) is 5.10 Å². The lowest BCUT2D eigenvalue weighted by Crippen LogP contribution is -2.50. The number of H-pyrrole nitrogens is 1. The molecule has 0 aliphatic carbocycles. The molecule has 1 unspecified atom stereocenters. The van der Waals surface area contributed by atoms with E-state index in [9.17, 15) is 39.3 Å². The fraction of sp³-hybridized carbons (Fsp3) is 0.404. The van der Waals surface area contributed by atoms with Gasteiger partial charge in [0.1, 0.15) is 23.9 Å². The van der Waals surface area contributed by atoms with Gasteiger partial charge in [-0.3, -0.25) is 19.3 Å². The number of hydrogen-bond acceptors (Lipinski definition) is 13. The number of aromatic nitrogens is 5. The molecule has 1 atom stereocenters. The average Bonchev–Trinajstić information content (AvgIpc) is 3.91. The molecule has 7 heterocycles. The first-order valence-corrected chi connectivity index (χ1v) is 23.9. The fourth-order valence-electron chi connectivity index (χ4n) is 10.9. The van der Waals surface area contributed by atoms with Gasteiger partial charge in [-0.1, -0.05) is 39.8 Å². The monoisotopic (exact) mass is 937 g/mol. The van der Waals surface area contributed by atoms with E-state index in [1.165, 1.54) is 10.6 Å². The summed E-state index contributed by atoms with van der Waals surface area (Å²) < 4.78 is 14.8. The van der Waals surface area contributed by atoms with Crippen LogP contribution in [0.5, 0.6) is 17.2 Å². The van der Waals surface area contributed by atoms with Crippen LogP contribution in [0.15, 0.2) is 70.3 Å². The van der Waals surface area contributed by atoms with E-state index >= 15 is 0 Å². The summed E-state index contributed by atoms with van der Waals surface area (Å²) in [6, 6.07) is 17.2. The van der Waals surface area contributed by atoms with Gasteiger partial charge in [0.2, 0.25) is 11.5 Å². The van der Waals surface area contributed by atoms with Gasteiger partial charge in [-0.05, 0) is 117 Å². The molecule has 6 aromatic rings. The Morgan fingerprint density at radius 1 is 0.884 bits per heavy atom. The molecule has 3 aromatic heterocycles. The standard InChI is InChI=1S/C52H55N7O10/c1-5-34-36-21-33(60)11-12-41(36)53-45-38(34)26-58-42(45)23-40-39(48(58)64)27-68-50(66)52(40,6-2)69-49(65)31-15-19-57(20-16-31)47(63)30-13-17-56(18-14-30)25-29-7-9-32(10-8-29)59-46(54-55-51(59)67)37-22-35(28(3)4)43(61)24-44(37)62/h7-12,21-24,28,30-31,60-62H,5-6,13-20,25-27H2,1-4H3,(H,55,67). The fourth-order valence-corrected chi connectivity index (χ4v) is 10.9. The number of fused-ring (bicyclic) bond motifs is 5. The van der Waals surface area contributed by atoms with Crippen molar-refractivity contribution in [2.75, 3.05) is 26.2 Å². The van der Waals surface area contributed by atoms with Gasteiger partial charge in [-0.25, -0.2) is 24.2 Å². The number of aromatic amines is 1. The Morgan fingerprint density at radius 2 is 1.61 bits per heavy atom. The number of hydrogen-bond donors (Lipinski definition) is 4. The zero-order valence-corrected chi connectivity index (χ0v) is 39.1. The minimum Gasteiger partial charge on any atom is -0.508 e. The quantitative estimate of drug-likeness (QED) is 0.114. The highest BCUT2D eigenvalue weighted by atomic mass is 16.6. The summed E-state index contributed by atoms with van der Waals surface area (Å²) in [6.07, 6.45) is 2.81. The van der Waals surface area contributed by atoms with E-state index < -0.39 is 29.1 Å². The van der Waals surface area contributed by atoms with Crippen molar-refractivity contribution in [2.24, 2.45) is 11.8 Å². The zero-order valence-electron chi connectivity index (χ0n) is 39.1. The summed E-state index contributed by atoms with van der Waals surface area (Å²) in [5.41, 5.74) is 4.13. The normalized spacial score (nSPS) is 18.6. The number of rotatable bonds is 10. The second-order valence-electron chi connectivity index (χ2n) is 19.1. The van der Waals surface area contributed by atoms with Crippen molar-refractivity contribution < 1.29 is 39.2 Å². The van der Waals surface area contributed by atoms with E-state index in [4.69, 9.17) is 14.5 Å². The van der Waals surface area contributed by atoms with Crippen molar-refractivity contribution in [3.8, 4) is 45.7 Å². The molecule has 4 aliphatic rings. The molecule has 0 saturated carbocycles. The van der Waals surface area contributed by atoms with E-state index in [0.29, 0.717) is 91.0 Å². The van der Waals surface area contributed by atoms with Crippen LogP contribution in [-0.4, -0.2) is 93.5 Å². The molecule has 1 amide bonds. The Labute approximate surface area is 396 Å². The molecule has 17 nitrogen and oxygen atoms in total. The van der Waals surface area contributed by atoms with Crippen LogP contribution < -0.4 is 11.2 Å². The van der Waals surface area contributed by atoms with Crippen molar-refractivity contribution >= 4 is 28.7 Å². The van der Waals surface area contributed by atoms with Gasteiger partial charge >= 0.3 is 17.6 Å².